The molecule has 0 saturated carbocycles. The molecule has 3 heterocycles. The standard InChI is InChI=1S/C19H29N3O6S/c1-3-29(26,27)22-12-7-19(8-13-22)16(14(2)18(25)28-19)17(24)20-9-5-11-21-10-4-6-15(21)23/h3-13H2,1-2H3,(H,20,24). The van der Waals surface area contributed by atoms with Crippen molar-refractivity contribution in [2.75, 3.05) is 38.5 Å². The summed E-state index contributed by atoms with van der Waals surface area (Å²) in [5, 5.41) is 2.84. The Morgan fingerprint density at radius 2 is 1.90 bits per heavy atom. The number of hydrogen-bond donors (Lipinski definition) is 1. The third kappa shape index (κ3) is 4.32. The molecule has 0 aromatic heterocycles. The van der Waals surface area contributed by atoms with Gasteiger partial charge in [-0.1, -0.05) is 0 Å². The number of ether oxygens (including phenoxy) is 1. The van der Waals surface area contributed by atoms with Crippen molar-refractivity contribution in [1.29, 1.82) is 0 Å². The van der Waals surface area contributed by atoms with Crippen LogP contribution in [0.15, 0.2) is 11.1 Å². The lowest BCUT2D eigenvalue weighted by Crippen LogP contribution is -2.50. The second-order valence-corrected chi connectivity index (χ2v) is 10.0. The molecule has 2 amide bonds. The molecule has 0 bridgehead atoms. The summed E-state index contributed by atoms with van der Waals surface area (Å²) in [6, 6.07) is 0. The smallest absolute Gasteiger partial charge is 0.335 e. The van der Waals surface area contributed by atoms with Crippen molar-refractivity contribution in [3.05, 3.63) is 11.1 Å². The minimum atomic E-state index is -3.32. The number of nitrogens with zero attached hydrogens (tertiary/aromatic N) is 2. The van der Waals surface area contributed by atoms with Crippen LogP contribution in [0, 0.1) is 0 Å². The largest absolute Gasteiger partial charge is 0.450 e. The Morgan fingerprint density at radius 1 is 1.21 bits per heavy atom. The van der Waals surface area contributed by atoms with E-state index in [1.807, 2.05) is 0 Å². The van der Waals surface area contributed by atoms with E-state index in [2.05, 4.69) is 5.32 Å². The van der Waals surface area contributed by atoms with Crippen LogP contribution in [-0.2, 0) is 29.1 Å². The van der Waals surface area contributed by atoms with Gasteiger partial charge in [-0.3, -0.25) is 9.59 Å². The van der Waals surface area contributed by atoms with E-state index in [1.54, 1.807) is 18.7 Å². The third-order valence-electron chi connectivity index (χ3n) is 6.00. The van der Waals surface area contributed by atoms with Crippen LogP contribution in [0.1, 0.15) is 46.0 Å². The highest BCUT2D eigenvalue weighted by atomic mass is 32.2. The van der Waals surface area contributed by atoms with Gasteiger partial charge in [0.15, 0.2) is 0 Å². The molecular weight excluding hydrogens is 398 g/mol. The van der Waals surface area contributed by atoms with E-state index in [0.717, 1.165) is 13.0 Å². The van der Waals surface area contributed by atoms with Crippen molar-refractivity contribution in [2.45, 2.75) is 51.6 Å². The van der Waals surface area contributed by atoms with Gasteiger partial charge in [0.2, 0.25) is 15.9 Å². The van der Waals surface area contributed by atoms with Crippen molar-refractivity contribution >= 4 is 27.8 Å². The molecule has 0 radical (unpaired) electrons. The SMILES string of the molecule is CCS(=O)(=O)N1CCC2(CC1)OC(=O)C(C)=C2C(=O)NCCCN1CCCC1=O. The Hall–Kier alpha value is -1.94. The van der Waals surface area contributed by atoms with Gasteiger partial charge >= 0.3 is 5.97 Å². The van der Waals surface area contributed by atoms with Gasteiger partial charge < -0.3 is 15.0 Å². The molecule has 1 spiro atoms. The average Bonchev–Trinajstić information content (AvgIpc) is 3.20. The molecule has 162 valence electrons. The number of carbonyl (C=O) groups excluding carboxylic acids is 3. The third-order valence-corrected chi connectivity index (χ3v) is 7.88. The Labute approximate surface area is 171 Å². The molecule has 3 aliphatic rings. The molecule has 29 heavy (non-hydrogen) atoms. The molecule has 0 aromatic carbocycles. The van der Waals surface area contributed by atoms with E-state index in [0.29, 0.717) is 31.5 Å². The maximum Gasteiger partial charge on any atom is 0.335 e. The van der Waals surface area contributed by atoms with Crippen LogP contribution in [0.2, 0.25) is 0 Å². The topological polar surface area (TPSA) is 113 Å². The molecular formula is C19H29N3O6S. The van der Waals surface area contributed by atoms with Crippen molar-refractivity contribution < 1.29 is 27.5 Å². The number of hydrogen-bond acceptors (Lipinski definition) is 6. The first-order valence-electron chi connectivity index (χ1n) is 10.2. The predicted octanol–water partition coefficient (Wildman–Crippen LogP) is 0.173. The quantitative estimate of drug-likeness (QED) is 0.458. The van der Waals surface area contributed by atoms with E-state index < -0.39 is 21.6 Å². The van der Waals surface area contributed by atoms with Crippen molar-refractivity contribution in [1.82, 2.24) is 14.5 Å². The fourth-order valence-electron chi connectivity index (χ4n) is 4.29. The lowest BCUT2D eigenvalue weighted by molar-refractivity contribution is -0.150. The lowest BCUT2D eigenvalue weighted by atomic mass is 9.83. The first kappa shape index (κ1) is 21.8. The van der Waals surface area contributed by atoms with Crippen LogP contribution in [0.25, 0.3) is 0 Å². The molecule has 3 rings (SSSR count). The number of nitrogens with one attached hydrogen (secondary N) is 1. The highest BCUT2D eigenvalue weighted by Crippen LogP contribution is 2.41. The first-order valence-corrected chi connectivity index (χ1v) is 11.8. The minimum Gasteiger partial charge on any atom is -0.450 e. The zero-order valence-corrected chi connectivity index (χ0v) is 17.8. The lowest BCUT2D eigenvalue weighted by Gasteiger charge is -2.38. The second-order valence-electron chi connectivity index (χ2n) is 7.78. The molecule has 0 unspecified atom stereocenters. The summed E-state index contributed by atoms with van der Waals surface area (Å²) < 4.78 is 31.2. The highest BCUT2D eigenvalue weighted by Gasteiger charge is 2.51. The molecule has 10 heteroatoms. The van der Waals surface area contributed by atoms with Crippen LogP contribution in [0.5, 0.6) is 0 Å². The van der Waals surface area contributed by atoms with Crippen LogP contribution in [0.3, 0.4) is 0 Å². The van der Waals surface area contributed by atoms with Crippen LogP contribution >= 0.6 is 0 Å². The normalized spacial score (nSPS) is 22.5. The molecule has 0 atom stereocenters. The van der Waals surface area contributed by atoms with E-state index in [-0.39, 0.29) is 49.1 Å². The van der Waals surface area contributed by atoms with Crippen molar-refractivity contribution in [3.63, 3.8) is 0 Å². The Balaban J connectivity index is 1.61. The van der Waals surface area contributed by atoms with Gasteiger partial charge in [-0.15, -0.1) is 0 Å². The Morgan fingerprint density at radius 3 is 2.48 bits per heavy atom. The van der Waals surface area contributed by atoms with Crippen LogP contribution in [-0.4, -0.2) is 79.5 Å². The number of amides is 2. The predicted molar refractivity (Wildman–Crippen MR) is 105 cm³/mol. The fourth-order valence-corrected chi connectivity index (χ4v) is 5.39. The van der Waals surface area contributed by atoms with E-state index in [4.69, 9.17) is 4.74 Å². The number of sulfonamides is 1. The first-order chi connectivity index (χ1) is 13.7. The number of rotatable bonds is 7. The van der Waals surface area contributed by atoms with Gasteiger partial charge in [0, 0.05) is 57.6 Å². The summed E-state index contributed by atoms with van der Waals surface area (Å²) in [6.45, 7) is 5.34. The van der Waals surface area contributed by atoms with E-state index in [1.165, 1.54) is 4.31 Å². The summed E-state index contributed by atoms with van der Waals surface area (Å²) in [7, 11) is -3.32. The fraction of sp³-hybridized carbons (Fsp3) is 0.737. The summed E-state index contributed by atoms with van der Waals surface area (Å²) in [5.41, 5.74) is -0.465. The summed E-state index contributed by atoms with van der Waals surface area (Å²) in [6.07, 6.45) is 2.63. The van der Waals surface area contributed by atoms with Crippen molar-refractivity contribution in [2.24, 2.45) is 0 Å². The van der Waals surface area contributed by atoms with Gasteiger partial charge in [0.25, 0.3) is 5.91 Å². The number of likely N-dealkylation sites (tertiary alicyclic amines) is 1. The summed E-state index contributed by atoms with van der Waals surface area (Å²) in [5.74, 6) is -0.712. The number of carbonyl (C=O) groups is 3. The minimum absolute atomic E-state index is 0.0154. The van der Waals surface area contributed by atoms with E-state index >= 15 is 0 Å². The number of piperidine rings is 1. The molecule has 2 saturated heterocycles. The maximum absolute atomic E-state index is 12.9. The van der Waals surface area contributed by atoms with E-state index in [9.17, 15) is 22.8 Å². The van der Waals surface area contributed by atoms with Crippen LogP contribution < -0.4 is 5.32 Å². The average molecular weight is 428 g/mol. The Bertz CT molecular complexity index is 827. The van der Waals surface area contributed by atoms with Gasteiger partial charge in [-0.25, -0.2) is 17.5 Å². The molecule has 2 fully saturated rings. The maximum atomic E-state index is 12.9. The summed E-state index contributed by atoms with van der Waals surface area (Å²) in [4.78, 5) is 38.5. The van der Waals surface area contributed by atoms with Gasteiger partial charge in [0.1, 0.15) is 5.60 Å². The zero-order valence-electron chi connectivity index (χ0n) is 17.0. The molecule has 3 aliphatic heterocycles. The van der Waals surface area contributed by atoms with Crippen molar-refractivity contribution in [3.8, 4) is 0 Å². The van der Waals surface area contributed by atoms with Gasteiger partial charge in [-0.05, 0) is 26.7 Å². The Kier molecular flexibility index (Phi) is 6.33. The van der Waals surface area contributed by atoms with Gasteiger partial charge in [0.05, 0.1) is 11.3 Å². The monoisotopic (exact) mass is 427 g/mol. The number of esters is 1. The molecule has 0 aromatic rings. The molecule has 0 aliphatic carbocycles. The molecule has 9 nitrogen and oxygen atoms in total. The highest BCUT2D eigenvalue weighted by molar-refractivity contribution is 7.89. The van der Waals surface area contributed by atoms with Gasteiger partial charge in [-0.2, -0.15) is 0 Å². The summed E-state index contributed by atoms with van der Waals surface area (Å²) >= 11 is 0. The molecule has 1 N–H and O–H groups in total. The zero-order chi connectivity index (χ0) is 21.2. The second kappa shape index (κ2) is 8.43. The van der Waals surface area contributed by atoms with Crippen LogP contribution in [0.4, 0.5) is 0 Å².